The standard InChI is InChI=1S/C39H45F3N4O2/c1-25-34(30-11-7-8-12-32(30)43-25)35-31(37(35,2)3)23-33(47)46(24-26-13-15-27(16-14-26)39(40,41)42)38(21-9-6-10-22-38)36(48)44-28-17-19-29(20-18-28)45(4)5/h7-8,11-20,31,35,43H,6,9-10,21-24H2,1-5H3,(H,44,48)/t31-,35-/m0/s1. The predicted molar refractivity (Wildman–Crippen MR) is 185 cm³/mol. The normalized spacial score (nSPS) is 19.9. The molecule has 2 atom stereocenters. The van der Waals surface area contributed by atoms with Gasteiger partial charge >= 0.3 is 6.18 Å². The van der Waals surface area contributed by atoms with Crippen molar-refractivity contribution in [2.24, 2.45) is 11.3 Å². The molecule has 0 bridgehead atoms. The number of carbonyl (C=O) groups is 2. The lowest BCUT2D eigenvalue weighted by Crippen LogP contribution is -2.59. The van der Waals surface area contributed by atoms with Crippen LogP contribution in [0.4, 0.5) is 24.5 Å². The first-order valence-corrected chi connectivity index (χ1v) is 16.8. The van der Waals surface area contributed by atoms with Gasteiger partial charge in [0.1, 0.15) is 5.54 Å². The average Bonchev–Trinajstić information content (AvgIpc) is 3.40. The molecule has 2 amide bonds. The van der Waals surface area contributed by atoms with Gasteiger partial charge in [-0.25, -0.2) is 0 Å². The van der Waals surface area contributed by atoms with E-state index in [0.717, 1.165) is 53.7 Å². The summed E-state index contributed by atoms with van der Waals surface area (Å²) < 4.78 is 40.3. The Bertz CT molecular complexity index is 1780. The van der Waals surface area contributed by atoms with Gasteiger partial charge in [0.2, 0.25) is 11.8 Å². The zero-order valence-corrected chi connectivity index (χ0v) is 28.4. The second-order valence-corrected chi connectivity index (χ2v) is 14.5. The number of alkyl halides is 3. The van der Waals surface area contributed by atoms with Crippen LogP contribution in [0.25, 0.3) is 10.9 Å². The summed E-state index contributed by atoms with van der Waals surface area (Å²) in [5, 5.41) is 4.27. The number of halogens is 3. The Balaban J connectivity index is 1.34. The predicted octanol–water partition coefficient (Wildman–Crippen LogP) is 9.06. The molecule has 2 aliphatic rings. The minimum absolute atomic E-state index is 0.0419. The molecule has 0 spiro atoms. The third kappa shape index (κ3) is 6.31. The number of hydrogen-bond donors (Lipinski definition) is 2. The van der Waals surface area contributed by atoms with E-state index in [9.17, 15) is 22.8 Å². The van der Waals surface area contributed by atoms with Crippen molar-refractivity contribution >= 4 is 34.1 Å². The summed E-state index contributed by atoms with van der Waals surface area (Å²) in [6.07, 6.45) is -0.754. The lowest BCUT2D eigenvalue weighted by Gasteiger charge is -2.45. The highest BCUT2D eigenvalue weighted by Gasteiger charge is 2.60. The molecule has 0 aliphatic heterocycles. The number of anilines is 2. The van der Waals surface area contributed by atoms with Crippen molar-refractivity contribution in [3.05, 3.63) is 95.2 Å². The number of carbonyl (C=O) groups excluding carboxylic acids is 2. The monoisotopic (exact) mass is 658 g/mol. The molecule has 48 heavy (non-hydrogen) atoms. The van der Waals surface area contributed by atoms with Crippen molar-refractivity contribution in [1.82, 2.24) is 9.88 Å². The van der Waals surface area contributed by atoms with Gasteiger partial charge in [-0.05, 0) is 90.6 Å². The number of benzene rings is 3. The molecule has 4 aromatic rings. The molecule has 9 heteroatoms. The van der Waals surface area contributed by atoms with Crippen LogP contribution in [-0.2, 0) is 22.3 Å². The number of aromatic nitrogens is 1. The van der Waals surface area contributed by atoms with E-state index in [2.05, 4.69) is 43.2 Å². The Morgan fingerprint density at radius 2 is 1.56 bits per heavy atom. The molecule has 0 radical (unpaired) electrons. The van der Waals surface area contributed by atoms with Crippen molar-refractivity contribution in [3.8, 4) is 0 Å². The molecule has 2 fully saturated rings. The maximum atomic E-state index is 14.7. The number of fused-ring (bicyclic) bond motifs is 1. The van der Waals surface area contributed by atoms with Crippen LogP contribution in [0.2, 0.25) is 0 Å². The van der Waals surface area contributed by atoms with Crippen molar-refractivity contribution in [1.29, 1.82) is 0 Å². The number of para-hydroxylation sites is 1. The van der Waals surface area contributed by atoms with Gasteiger partial charge in [0.15, 0.2) is 0 Å². The molecule has 3 aromatic carbocycles. The number of amides is 2. The van der Waals surface area contributed by atoms with E-state index >= 15 is 0 Å². The summed E-state index contributed by atoms with van der Waals surface area (Å²) in [6, 6.07) is 20.7. The summed E-state index contributed by atoms with van der Waals surface area (Å²) in [7, 11) is 3.89. The number of nitrogens with one attached hydrogen (secondary N) is 2. The number of aryl methyl sites for hydroxylation is 1. The molecular formula is C39H45F3N4O2. The number of nitrogens with zero attached hydrogens (tertiary/aromatic N) is 2. The van der Waals surface area contributed by atoms with E-state index in [1.807, 2.05) is 55.4 Å². The van der Waals surface area contributed by atoms with Crippen LogP contribution in [0.15, 0.2) is 72.8 Å². The highest BCUT2D eigenvalue weighted by Crippen LogP contribution is 2.67. The highest BCUT2D eigenvalue weighted by atomic mass is 19.4. The first kappa shape index (κ1) is 33.6. The second kappa shape index (κ2) is 12.6. The van der Waals surface area contributed by atoms with Gasteiger partial charge in [0, 0.05) is 55.0 Å². The molecule has 254 valence electrons. The van der Waals surface area contributed by atoms with Crippen LogP contribution in [0, 0.1) is 18.3 Å². The third-order valence-electron chi connectivity index (χ3n) is 10.9. The number of H-pyrrole nitrogens is 1. The Kier molecular flexibility index (Phi) is 8.85. The maximum absolute atomic E-state index is 14.7. The highest BCUT2D eigenvalue weighted by molar-refractivity contribution is 6.01. The van der Waals surface area contributed by atoms with Gasteiger partial charge in [0.25, 0.3) is 0 Å². The third-order valence-corrected chi connectivity index (χ3v) is 10.9. The van der Waals surface area contributed by atoms with Crippen LogP contribution in [0.3, 0.4) is 0 Å². The zero-order valence-electron chi connectivity index (χ0n) is 28.4. The molecule has 0 unspecified atom stereocenters. The first-order valence-electron chi connectivity index (χ1n) is 16.8. The topological polar surface area (TPSA) is 68.4 Å². The largest absolute Gasteiger partial charge is 0.416 e. The minimum atomic E-state index is -4.46. The van der Waals surface area contributed by atoms with Crippen molar-refractivity contribution < 1.29 is 22.8 Å². The van der Waals surface area contributed by atoms with Gasteiger partial charge in [-0.2, -0.15) is 13.2 Å². The summed E-state index contributed by atoms with van der Waals surface area (Å²) in [4.78, 5) is 36.3. The van der Waals surface area contributed by atoms with E-state index in [4.69, 9.17) is 0 Å². The van der Waals surface area contributed by atoms with Gasteiger partial charge in [-0.3, -0.25) is 9.59 Å². The second-order valence-electron chi connectivity index (χ2n) is 14.5. The molecule has 6 nitrogen and oxygen atoms in total. The summed E-state index contributed by atoms with van der Waals surface area (Å²) in [5.41, 5.74) is 3.55. The van der Waals surface area contributed by atoms with E-state index in [-0.39, 0.29) is 42.0 Å². The Morgan fingerprint density at radius 1 is 0.917 bits per heavy atom. The lowest BCUT2D eigenvalue weighted by atomic mass is 9.78. The summed E-state index contributed by atoms with van der Waals surface area (Å²) >= 11 is 0. The van der Waals surface area contributed by atoms with Crippen LogP contribution in [0.5, 0.6) is 0 Å². The number of rotatable bonds is 9. The molecule has 0 saturated heterocycles. The zero-order chi connectivity index (χ0) is 34.4. The van der Waals surface area contributed by atoms with Gasteiger partial charge in [-0.1, -0.05) is 63.4 Å². The lowest BCUT2D eigenvalue weighted by molar-refractivity contribution is -0.149. The van der Waals surface area contributed by atoms with E-state index in [0.29, 0.717) is 24.1 Å². The Hall–Kier alpha value is -4.27. The van der Waals surface area contributed by atoms with E-state index in [1.54, 1.807) is 4.90 Å². The van der Waals surface area contributed by atoms with Crippen LogP contribution in [-0.4, -0.2) is 41.3 Å². The average molecular weight is 659 g/mol. The number of hydrogen-bond acceptors (Lipinski definition) is 3. The fraction of sp³-hybridized carbons (Fsp3) is 0.436. The summed E-state index contributed by atoms with van der Waals surface area (Å²) in [6.45, 7) is 6.51. The summed E-state index contributed by atoms with van der Waals surface area (Å²) in [5.74, 6) is -0.204. The molecular weight excluding hydrogens is 613 g/mol. The molecule has 6 rings (SSSR count). The molecule has 2 saturated carbocycles. The van der Waals surface area contributed by atoms with Crippen molar-refractivity contribution in [2.45, 2.75) is 83.5 Å². The van der Waals surface area contributed by atoms with Crippen LogP contribution >= 0.6 is 0 Å². The van der Waals surface area contributed by atoms with Gasteiger partial charge in [-0.15, -0.1) is 0 Å². The Morgan fingerprint density at radius 3 is 2.19 bits per heavy atom. The molecule has 1 aromatic heterocycles. The minimum Gasteiger partial charge on any atom is -0.378 e. The quantitative estimate of drug-likeness (QED) is 0.189. The fourth-order valence-corrected chi connectivity index (χ4v) is 8.00. The van der Waals surface area contributed by atoms with E-state index in [1.165, 1.54) is 17.7 Å². The fourth-order valence-electron chi connectivity index (χ4n) is 8.00. The van der Waals surface area contributed by atoms with Gasteiger partial charge in [0.05, 0.1) is 5.56 Å². The molecule has 2 aliphatic carbocycles. The smallest absolute Gasteiger partial charge is 0.378 e. The Labute approximate surface area is 280 Å². The SMILES string of the molecule is Cc1[nH]c2ccccc2c1[C@@H]1[C@H](CC(=O)N(Cc2ccc(C(F)(F)F)cc2)C2(C(=O)Nc3ccc(N(C)C)cc3)CCCCC2)C1(C)C. The molecule has 1 heterocycles. The maximum Gasteiger partial charge on any atom is 0.416 e. The van der Waals surface area contributed by atoms with Crippen molar-refractivity contribution in [2.75, 3.05) is 24.3 Å². The van der Waals surface area contributed by atoms with Gasteiger partial charge < -0.3 is 20.1 Å². The van der Waals surface area contributed by atoms with E-state index < -0.39 is 17.3 Å². The molecule has 2 N–H and O–H groups in total. The van der Waals surface area contributed by atoms with Crippen LogP contribution < -0.4 is 10.2 Å². The number of aromatic amines is 1. The van der Waals surface area contributed by atoms with Crippen molar-refractivity contribution in [3.63, 3.8) is 0 Å². The first-order chi connectivity index (χ1) is 22.7. The van der Waals surface area contributed by atoms with Crippen LogP contribution in [0.1, 0.15) is 80.7 Å².